The zero-order valence-corrected chi connectivity index (χ0v) is 10.2. The van der Waals surface area contributed by atoms with Crippen molar-refractivity contribution in [1.29, 1.82) is 0 Å². The first kappa shape index (κ1) is 12.2. The van der Waals surface area contributed by atoms with Gasteiger partial charge in [-0.1, -0.05) is 40.0 Å². The van der Waals surface area contributed by atoms with Gasteiger partial charge in [-0.15, -0.1) is 0 Å². The van der Waals surface area contributed by atoms with E-state index in [1.165, 1.54) is 6.07 Å². The van der Waals surface area contributed by atoms with Crippen LogP contribution in [-0.2, 0) is 9.59 Å². The van der Waals surface area contributed by atoms with Crippen molar-refractivity contribution in [3.05, 3.63) is 26.7 Å². The molecule has 5 nitrogen and oxygen atoms in total. The molecule has 0 saturated carbocycles. The Morgan fingerprint density at radius 1 is 1.18 bits per heavy atom. The summed E-state index contributed by atoms with van der Waals surface area (Å²) in [5.74, 6) is -1.93. The molecule has 0 radical (unpaired) electrons. The molecule has 0 unspecified atom stereocenters. The van der Waals surface area contributed by atoms with Gasteiger partial charge in [0.25, 0.3) is 11.7 Å². The van der Waals surface area contributed by atoms with Crippen molar-refractivity contribution in [2.75, 3.05) is 5.32 Å². The molecule has 0 fully saturated rings. The SMILES string of the molecule is O=C1Nc2cc(Cl)c(Cl)c(Cl)c2/C(=N/O)C1=O. The first-order chi connectivity index (χ1) is 7.97. The van der Waals surface area contributed by atoms with Crippen molar-refractivity contribution in [3.8, 4) is 0 Å². The average molecular weight is 293 g/mol. The molecule has 1 heterocycles. The normalized spacial score (nSPS) is 17.0. The van der Waals surface area contributed by atoms with E-state index in [2.05, 4.69) is 10.5 Å². The van der Waals surface area contributed by atoms with Crippen molar-refractivity contribution >= 4 is 57.9 Å². The van der Waals surface area contributed by atoms with Crippen LogP contribution in [0.3, 0.4) is 0 Å². The zero-order valence-electron chi connectivity index (χ0n) is 7.92. The Balaban J connectivity index is 2.81. The third kappa shape index (κ3) is 1.76. The zero-order chi connectivity index (χ0) is 12.7. The van der Waals surface area contributed by atoms with Gasteiger partial charge in [0.15, 0.2) is 5.71 Å². The van der Waals surface area contributed by atoms with Crippen LogP contribution < -0.4 is 5.32 Å². The first-order valence-electron chi connectivity index (χ1n) is 4.23. The summed E-state index contributed by atoms with van der Waals surface area (Å²) in [6, 6.07) is 1.32. The highest BCUT2D eigenvalue weighted by Gasteiger charge is 2.34. The number of oxime groups is 1. The highest BCUT2D eigenvalue weighted by atomic mass is 35.5. The van der Waals surface area contributed by atoms with Crippen LogP contribution in [-0.4, -0.2) is 22.6 Å². The van der Waals surface area contributed by atoms with Gasteiger partial charge in [0.1, 0.15) is 0 Å². The molecule has 0 bridgehead atoms. The van der Waals surface area contributed by atoms with Gasteiger partial charge in [0.05, 0.1) is 26.3 Å². The minimum atomic E-state index is -1.000. The fourth-order valence-electron chi connectivity index (χ4n) is 1.42. The number of anilines is 1. The number of Topliss-reactive ketones (excluding diaryl/α,β-unsaturated/α-hetero) is 1. The Morgan fingerprint density at radius 2 is 1.82 bits per heavy atom. The lowest BCUT2D eigenvalue weighted by Gasteiger charge is -2.18. The van der Waals surface area contributed by atoms with Gasteiger partial charge in [0.2, 0.25) is 0 Å². The van der Waals surface area contributed by atoms with E-state index < -0.39 is 17.4 Å². The van der Waals surface area contributed by atoms with Crippen LogP contribution in [0, 0.1) is 0 Å². The van der Waals surface area contributed by atoms with E-state index in [9.17, 15) is 9.59 Å². The summed E-state index contributed by atoms with van der Waals surface area (Å²) in [7, 11) is 0. The summed E-state index contributed by atoms with van der Waals surface area (Å²) >= 11 is 17.5. The standard InChI is InChI=1S/C9H3Cl3N2O3/c10-2-1-3-4(6(12)5(2)11)7(14-17)8(15)9(16)13-3/h1,17H,(H,13,16)/b14-7-. The van der Waals surface area contributed by atoms with Gasteiger partial charge >= 0.3 is 0 Å². The number of amides is 1. The van der Waals surface area contributed by atoms with Gasteiger partial charge < -0.3 is 10.5 Å². The van der Waals surface area contributed by atoms with E-state index in [-0.39, 0.29) is 26.3 Å². The molecule has 1 aromatic carbocycles. The number of ketones is 1. The van der Waals surface area contributed by atoms with Gasteiger partial charge in [-0.25, -0.2) is 0 Å². The summed E-state index contributed by atoms with van der Waals surface area (Å²) in [4.78, 5) is 22.7. The van der Waals surface area contributed by atoms with Crippen molar-refractivity contribution in [3.63, 3.8) is 0 Å². The summed E-state index contributed by atoms with van der Waals surface area (Å²) in [6.07, 6.45) is 0. The van der Waals surface area contributed by atoms with Gasteiger partial charge in [-0.2, -0.15) is 0 Å². The molecule has 1 amide bonds. The van der Waals surface area contributed by atoms with Gasteiger partial charge in [-0.05, 0) is 6.07 Å². The largest absolute Gasteiger partial charge is 0.410 e. The molecular formula is C9H3Cl3N2O3. The Morgan fingerprint density at radius 3 is 2.41 bits per heavy atom. The quantitative estimate of drug-likeness (QED) is 0.333. The van der Waals surface area contributed by atoms with Crippen molar-refractivity contribution in [2.45, 2.75) is 0 Å². The molecule has 17 heavy (non-hydrogen) atoms. The molecule has 1 aliphatic heterocycles. The van der Waals surface area contributed by atoms with Crippen molar-refractivity contribution in [1.82, 2.24) is 0 Å². The third-order valence-corrected chi connectivity index (χ3v) is 3.43. The minimum Gasteiger partial charge on any atom is -0.410 e. The van der Waals surface area contributed by atoms with Crippen molar-refractivity contribution < 1.29 is 14.8 Å². The molecule has 0 atom stereocenters. The van der Waals surface area contributed by atoms with E-state index >= 15 is 0 Å². The smallest absolute Gasteiger partial charge is 0.298 e. The first-order valence-corrected chi connectivity index (χ1v) is 5.36. The molecule has 88 valence electrons. The number of fused-ring (bicyclic) bond motifs is 1. The van der Waals surface area contributed by atoms with E-state index in [1.807, 2.05) is 0 Å². The number of benzene rings is 1. The number of carbonyl (C=O) groups excluding carboxylic acids is 2. The molecule has 8 heteroatoms. The molecule has 0 spiro atoms. The molecule has 0 aliphatic carbocycles. The second kappa shape index (κ2) is 4.18. The Bertz CT molecular complexity index is 583. The second-order valence-electron chi connectivity index (χ2n) is 3.14. The summed E-state index contributed by atoms with van der Waals surface area (Å²) in [6.45, 7) is 0. The lowest BCUT2D eigenvalue weighted by Crippen LogP contribution is -2.36. The number of carbonyl (C=O) groups is 2. The summed E-state index contributed by atoms with van der Waals surface area (Å²) in [5.41, 5.74) is -0.248. The van der Waals surface area contributed by atoms with E-state index in [1.54, 1.807) is 0 Å². The number of nitrogens with zero attached hydrogens (tertiary/aromatic N) is 1. The third-order valence-electron chi connectivity index (χ3n) is 2.17. The van der Waals surface area contributed by atoms with Crippen LogP contribution in [0.15, 0.2) is 11.2 Å². The van der Waals surface area contributed by atoms with Crippen LogP contribution in [0.5, 0.6) is 0 Å². The average Bonchev–Trinajstić information content (AvgIpc) is 2.29. The molecule has 1 aliphatic rings. The van der Waals surface area contributed by atoms with Crippen molar-refractivity contribution in [2.24, 2.45) is 5.16 Å². The number of rotatable bonds is 0. The molecule has 2 N–H and O–H groups in total. The molecular weight excluding hydrogens is 290 g/mol. The van der Waals surface area contributed by atoms with Crippen LogP contribution in [0.4, 0.5) is 5.69 Å². The number of hydrogen-bond acceptors (Lipinski definition) is 4. The lowest BCUT2D eigenvalue weighted by molar-refractivity contribution is -0.131. The molecule has 2 rings (SSSR count). The minimum absolute atomic E-state index is 0.0113. The predicted molar refractivity (Wildman–Crippen MR) is 63.4 cm³/mol. The van der Waals surface area contributed by atoms with Crippen LogP contribution in [0.25, 0.3) is 0 Å². The van der Waals surface area contributed by atoms with Gasteiger partial charge in [0, 0.05) is 0 Å². The fraction of sp³-hybridized carbons (Fsp3) is 0. The predicted octanol–water partition coefficient (Wildman–Crippen LogP) is 2.35. The molecule has 0 aromatic heterocycles. The molecule has 1 aromatic rings. The Kier molecular flexibility index (Phi) is 2.99. The monoisotopic (exact) mass is 292 g/mol. The topological polar surface area (TPSA) is 78.8 Å². The second-order valence-corrected chi connectivity index (χ2v) is 4.30. The Hall–Kier alpha value is -1.30. The van der Waals surface area contributed by atoms with E-state index in [0.29, 0.717) is 0 Å². The van der Waals surface area contributed by atoms with Crippen LogP contribution >= 0.6 is 34.8 Å². The highest BCUT2D eigenvalue weighted by Crippen LogP contribution is 2.39. The maximum atomic E-state index is 11.4. The summed E-state index contributed by atoms with van der Waals surface area (Å²) in [5, 5.41) is 13.9. The summed E-state index contributed by atoms with van der Waals surface area (Å²) < 4.78 is 0. The highest BCUT2D eigenvalue weighted by molar-refractivity contribution is 6.73. The number of halogens is 3. The van der Waals surface area contributed by atoms with Crippen LogP contribution in [0.1, 0.15) is 5.56 Å². The fourth-order valence-corrected chi connectivity index (χ4v) is 2.11. The number of hydrogen-bond donors (Lipinski definition) is 2. The maximum Gasteiger partial charge on any atom is 0.298 e. The lowest BCUT2D eigenvalue weighted by atomic mass is 9.99. The maximum absolute atomic E-state index is 11.4. The van der Waals surface area contributed by atoms with Gasteiger partial charge in [-0.3, -0.25) is 9.59 Å². The Labute approximate surface area is 110 Å². The van der Waals surface area contributed by atoms with E-state index in [0.717, 1.165) is 0 Å². The van der Waals surface area contributed by atoms with Crippen LogP contribution in [0.2, 0.25) is 15.1 Å². The molecule has 0 saturated heterocycles. The van der Waals surface area contributed by atoms with E-state index in [4.69, 9.17) is 40.0 Å². The number of nitrogens with one attached hydrogen (secondary N) is 1.